The van der Waals surface area contributed by atoms with Gasteiger partial charge in [0.15, 0.2) is 4.90 Å². The van der Waals surface area contributed by atoms with Crippen molar-refractivity contribution in [3.05, 3.63) is 83.4 Å². The second-order valence-electron chi connectivity index (χ2n) is 7.76. The third-order valence-corrected chi connectivity index (χ3v) is 6.70. The lowest BCUT2D eigenvalue weighted by Crippen LogP contribution is -2.43. The monoisotopic (exact) mass is 512 g/mol. The van der Waals surface area contributed by atoms with E-state index in [4.69, 9.17) is 11.6 Å². The van der Waals surface area contributed by atoms with Crippen molar-refractivity contribution in [3.63, 3.8) is 0 Å². The van der Waals surface area contributed by atoms with Gasteiger partial charge in [0.25, 0.3) is 0 Å². The molecule has 0 amide bonds. The van der Waals surface area contributed by atoms with Gasteiger partial charge in [-0.2, -0.15) is 27.1 Å². The molecule has 2 unspecified atom stereocenters. The summed E-state index contributed by atoms with van der Waals surface area (Å²) in [7, 11) is 0. The minimum absolute atomic E-state index is 0.336. The first-order valence-corrected chi connectivity index (χ1v) is 12.0. The average molecular weight is 513 g/mol. The quantitative estimate of drug-likeness (QED) is 0.267. The fourth-order valence-electron chi connectivity index (χ4n) is 3.72. The zero-order valence-corrected chi connectivity index (χ0v) is 19.3. The normalized spacial score (nSPS) is 17.6. The van der Waals surface area contributed by atoms with Crippen molar-refractivity contribution in [2.24, 2.45) is 5.10 Å². The highest BCUT2D eigenvalue weighted by atomic mass is 35.5. The Morgan fingerprint density at radius 2 is 1.59 bits per heavy atom. The van der Waals surface area contributed by atoms with Crippen LogP contribution < -0.4 is 5.01 Å². The molecule has 0 radical (unpaired) electrons. The summed E-state index contributed by atoms with van der Waals surface area (Å²) in [6.45, 7) is 0. The summed E-state index contributed by atoms with van der Waals surface area (Å²) >= 11 is 4.77. The van der Waals surface area contributed by atoms with Crippen LogP contribution in [0.4, 0.5) is 27.6 Å². The molecule has 2 atom stereocenters. The predicted molar refractivity (Wildman–Crippen MR) is 124 cm³/mol. The van der Waals surface area contributed by atoms with E-state index < -0.39 is 41.4 Å². The molecule has 3 aromatic rings. The molecule has 1 heterocycles. The first-order chi connectivity index (χ1) is 16.0. The van der Waals surface area contributed by atoms with Gasteiger partial charge in [0.1, 0.15) is 12.0 Å². The molecule has 0 fully saturated rings. The van der Waals surface area contributed by atoms with Gasteiger partial charge in [0.05, 0.1) is 11.7 Å². The molecule has 0 aromatic heterocycles. The fourth-order valence-corrected chi connectivity index (χ4v) is 4.37. The van der Waals surface area contributed by atoms with Crippen LogP contribution >= 0.6 is 11.6 Å². The van der Waals surface area contributed by atoms with Crippen LogP contribution in [0.15, 0.2) is 82.8 Å². The molecular weight excluding hydrogens is 495 g/mol. The lowest BCUT2D eigenvalue weighted by molar-refractivity contribution is -0.249. The van der Waals surface area contributed by atoms with E-state index in [1.807, 2.05) is 0 Å². The van der Waals surface area contributed by atoms with Gasteiger partial charge in [-0.3, -0.25) is 5.01 Å². The van der Waals surface area contributed by atoms with Crippen LogP contribution in [0.1, 0.15) is 18.0 Å². The van der Waals surface area contributed by atoms with Gasteiger partial charge in [0.2, 0.25) is 0 Å². The first kappa shape index (κ1) is 24.5. The summed E-state index contributed by atoms with van der Waals surface area (Å²) in [5.41, 5.74) is 1.13. The van der Waals surface area contributed by atoms with E-state index in [2.05, 4.69) is 5.10 Å². The van der Waals surface area contributed by atoms with Crippen molar-refractivity contribution in [3.8, 4) is 11.1 Å². The highest BCUT2D eigenvalue weighted by Gasteiger charge is 2.62. The van der Waals surface area contributed by atoms with Crippen LogP contribution in [0, 0.1) is 0 Å². The first-order valence-electron chi connectivity index (χ1n) is 10.1. The Morgan fingerprint density at radius 3 is 2.18 bits per heavy atom. The molecule has 1 aliphatic rings. The highest BCUT2D eigenvalue weighted by molar-refractivity contribution is 7.90. The number of hydrazone groups is 1. The third kappa shape index (κ3) is 4.78. The Bertz CT molecular complexity index is 1200. The number of anilines is 1. The zero-order valence-electron chi connectivity index (χ0n) is 17.7. The number of hydrogen-bond acceptors (Lipinski definition) is 3. The van der Waals surface area contributed by atoms with Crippen LogP contribution in [0.25, 0.3) is 11.1 Å². The maximum atomic E-state index is 14.2. The molecule has 4 rings (SSSR count). The highest BCUT2D eigenvalue weighted by Crippen LogP contribution is 2.45. The van der Waals surface area contributed by atoms with Crippen molar-refractivity contribution in [2.45, 2.75) is 29.5 Å². The Balaban J connectivity index is 1.73. The van der Waals surface area contributed by atoms with Crippen LogP contribution in [0.2, 0.25) is 5.02 Å². The van der Waals surface area contributed by atoms with E-state index in [-0.39, 0.29) is 0 Å². The Hall–Kier alpha value is -2.62. The van der Waals surface area contributed by atoms with Gasteiger partial charge in [-0.25, -0.2) is 0 Å². The maximum Gasteiger partial charge on any atom is 0.459 e. The molecular formula is C24H18ClF5N2OS. The molecule has 0 N–H and O–H groups in total. The third-order valence-electron chi connectivity index (χ3n) is 5.51. The van der Waals surface area contributed by atoms with Crippen LogP contribution in [0.5, 0.6) is 0 Å². The molecule has 0 saturated heterocycles. The predicted octanol–water partition coefficient (Wildman–Crippen LogP) is 7.25. The SMILES string of the molecule is C[S+]([O-])c1ccc(-c2cccc(C3CC(C(F)(F)C(F)(F)F)=NN3c3ccc(Cl)cc3)c2)cc1. The maximum absolute atomic E-state index is 14.2. The molecule has 34 heavy (non-hydrogen) atoms. The van der Waals surface area contributed by atoms with E-state index in [1.54, 1.807) is 54.8 Å². The topological polar surface area (TPSA) is 38.7 Å². The van der Waals surface area contributed by atoms with Crippen molar-refractivity contribution in [1.29, 1.82) is 0 Å². The van der Waals surface area contributed by atoms with E-state index in [0.29, 0.717) is 21.2 Å². The van der Waals surface area contributed by atoms with Crippen molar-refractivity contribution in [1.82, 2.24) is 0 Å². The molecule has 0 saturated carbocycles. The molecule has 1 aliphatic heterocycles. The summed E-state index contributed by atoms with van der Waals surface area (Å²) in [6, 6.07) is 19.1. The van der Waals surface area contributed by atoms with Crippen molar-refractivity contribution < 1.29 is 26.5 Å². The second-order valence-corrected chi connectivity index (χ2v) is 9.58. The standard InChI is InChI=1S/C24H18ClF5N2OS/c1-34(33)20-11-5-15(6-12-20)16-3-2-4-17(13-16)21-14-22(23(26,27)24(28,29)30)31-32(21)19-9-7-18(25)8-10-19/h2-13,21H,14H2,1H3. The number of alkyl halides is 5. The number of nitrogens with zero attached hydrogens (tertiary/aromatic N) is 2. The summed E-state index contributed by atoms with van der Waals surface area (Å²) in [6.07, 6.45) is -4.79. The number of hydrogen-bond donors (Lipinski definition) is 0. The van der Waals surface area contributed by atoms with Gasteiger partial charge in [0, 0.05) is 11.4 Å². The van der Waals surface area contributed by atoms with Crippen LogP contribution in [0.3, 0.4) is 0 Å². The van der Waals surface area contributed by atoms with E-state index >= 15 is 0 Å². The molecule has 0 bridgehead atoms. The fraction of sp³-hybridized carbons (Fsp3) is 0.208. The second kappa shape index (κ2) is 9.20. The summed E-state index contributed by atoms with van der Waals surface area (Å²) < 4.78 is 79.3. The van der Waals surface area contributed by atoms with E-state index in [9.17, 15) is 26.5 Å². The van der Waals surface area contributed by atoms with Crippen LogP contribution in [-0.4, -0.2) is 28.6 Å². The summed E-state index contributed by atoms with van der Waals surface area (Å²) in [5.74, 6) is -5.06. The van der Waals surface area contributed by atoms with E-state index in [0.717, 1.165) is 11.1 Å². The molecule has 10 heteroatoms. The van der Waals surface area contributed by atoms with E-state index in [1.165, 1.54) is 29.3 Å². The van der Waals surface area contributed by atoms with Gasteiger partial charge in [-0.15, -0.1) is 0 Å². The lowest BCUT2D eigenvalue weighted by atomic mass is 9.95. The lowest BCUT2D eigenvalue weighted by Gasteiger charge is -2.24. The van der Waals surface area contributed by atoms with Gasteiger partial charge in [-0.05, 0) is 82.5 Å². The molecule has 178 valence electrons. The van der Waals surface area contributed by atoms with Gasteiger partial charge in [-0.1, -0.05) is 29.8 Å². The van der Waals surface area contributed by atoms with Crippen LogP contribution in [-0.2, 0) is 11.2 Å². The number of benzene rings is 3. The molecule has 0 spiro atoms. The molecule has 0 aliphatic carbocycles. The smallest absolute Gasteiger partial charge is 0.459 e. The van der Waals surface area contributed by atoms with Gasteiger partial charge < -0.3 is 4.55 Å². The van der Waals surface area contributed by atoms with Crippen molar-refractivity contribution >= 4 is 34.2 Å². The Labute approximate surface area is 201 Å². The summed E-state index contributed by atoms with van der Waals surface area (Å²) in [4.78, 5) is 0.650. The zero-order chi connectivity index (χ0) is 24.7. The summed E-state index contributed by atoms with van der Waals surface area (Å²) in [5, 5.41) is 5.29. The largest absolute Gasteiger partial charge is 0.612 e. The minimum atomic E-state index is -5.75. The minimum Gasteiger partial charge on any atom is -0.612 e. The molecule has 3 nitrogen and oxygen atoms in total. The average Bonchev–Trinajstić information content (AvgIpc) is 3.25. The van der Waals surface area contributed by atoms with Crippen molar-refractivity contribution in [2.75, 3.05) is 11.3 Å². The molecule has 3 aromatic carbocycles. The Kier molecular flexibility index (Phi) is 6.63. The Morgan fingerprint density at radius 1 is 0.941 bits per heavy atom. The number of rotatable bonds is 5. The number of halogens is 6. The van der Waals surface area contributed by atoms with Gasteiger partial charge >= 0.3 is 12.1 Å².